The predicted molar refractivity (Wildman–Crippen MR) is 80.3 cm³/mol. The molecular weight excluding hydrogens is 268 g/mol. The van der Waals surface area contributed by atoms with Crippen molar-refractivity contribution in [2.24, 2.45) is 11.7 Å². The molecule has 18 heavy (non-hydrogen) atoms. The minimum atomic E-state index is -0.290. The van der Waals surface area contributed by atoms with E-state index in [2.05, 4.69) is 19.2 Å². The number of hydrogen-bond acceptors (Lipinski definition) is 3. The summed E-state index contributed by atoms with van der Waals surface area (Å²) < 4.78 is 0. The van der Waals surface area contributed by atoms with E-state index >= 15 is 0 Å². The van der Waals surface area contributed by atoms with E-state index in [1.807, 2.05) is 23.8 Å². The Morgan fingerprint density at radius 1 is 1.56 bits per heavy atom. The van der Waals surface area contributed by atoms with Gasteiger partial charge in [0.05, 0.1) is 6.42 Å². The van der Waals surface area contributed by atoms with Gasteiger partial charge in [0.15, 0.2) is 0 Å². The maximum atomic E-state index is 11.9. The summed E-state index contributed by atoms with van der Waals surface area (Å²) in [5.74, 6) is 0.571. The van der Waals surface area contributed by atoms with Gasteiger partial charge in [-0.25, -0.2) is 0 Å². The summed E-state index contributed by atoms with van der Waals surface area (Å²) in [4.78, 5) is 11.9. The second-order valence-corrected chi connectivity index (χ2v) is 6.00. The first kappa shape index (κ1) is 17.4. The van der Waals surface area contributed by atoms with Gasteiger partial charge in [0.25, 0.3) is 0 Å². The van der Waals surface area contributed by atoms with E-state index < -0.39 is 0 Å². The van der Waals surface area contributed by atoms with Gasteiger partial charge in [0.2, 0.25) is 5.91 Å². The van der Waals surface area contributed by atoms with Gasteiger partial charge in [-0.1, -0.05) is 13.8 Å². The maximum Gasteiger partial charge on any atom is 0.224 e. The van der Waals surface area contributed by atoms with E-state index in [1.54, 1.807) is 11.3 Å². The topological polar surface area (TPSA) is 55.1 Å². The Kier molecular flexibility index (Phi) is 7.52. The minimum absolute atomic E-state index is 0. The molecule has 1 atom stereocenters. The van der Waals surface area contributed by atoms with Crippen LogP contribution in [0.1, 0.15) is 32.8 Å². The Labute approximate surface area is 120 Å². The lowest BCUT2D eigenvalue weighted by molar-refractivity contribution is -0.122. The lowest BCUT2D eigenvalue weighted by atomic mass is 9.90. The van der Waals surface area contributed by atoms with Crippen LogP contribution in [0.3, 0.4) is 0 Å². The Balaban J connectivity index is 0.00000289. The van der Waals surface area contributed by atoms with Crippen LogP contribution in [-0.2, 0) is 11.2 Å². The molecule has 1 heterocycles. The molecule has 104 valence electrons. The van der Waals surface area contributed by atoms with Crippen LogP contribution in [0.4, 0.5) is 0 Å². The molecule has 0 aromatic carbocycles. The zero-order valence-corrected chi connectivity index (χ0v) is 12.9. The van der Waals surface area contributed by atoms with Crippen molar-refractivity contribution in [2.45, 2.75) is 39.2 Å². The van der Waals surface area contributed by atoms with Gasteiger partial charge in [-0.2, -0.15) is 11.3 Å². The molecule has 0 aliphatic rings. The summed E-state index contributed by atoms with van der Waals surface area (Å²) >= 11 is 1.61. The molecule has 1 rings (SSSR count). The quantitative estimate of drug-likeness (QED) is 0.846. The van der Waals surface area contributed by atoms with Crippen LogP contribution < -0.4 is 11.1 Å². The molecule has 0 fully saturated rings. The van der Waals surface area contributed by atoms with Crippen LogP contribution in [0.25, 0.3) is 0 Å². The molecule has 3 nitrogen and oxygen atoms in total. The predicted octanol–water partition coefficient (Wildman–Crippen LogP) is 2.59. The second-order valence-electron chi connectivity index (χ2n) is 5.22. The van der Waals surface area contributed by atoms with Gasteiger partial charge in [0.1, 0.15) is 0 Å². The first-order valence-electron chi connectivity index (χ1n) is 5.97. The van der Waals surface area contributed by atoms with E-state index in [0.29, 0.717) is 18.9 Å². The summed E-state index contributed by atoms with van der Waals surface area (Å²) in [7, 11) is 0. The van der Waals surface area contributed by atoms with Crippen molar-refractivity contribution in [2.75, 3.05) is 6.54 Å². The summed E-state index contributed by atoms with van der Waals surface area (Å²) in [6.07, 6.45) is 1.34. The molecule has 3 N–H and O–H groups in total. The third-order valence-corrected chi connectivity index (χ3v) is 3.43. The number of rotatable bonds is 6. The summed E-state index contributed by atoms with van der Waals surface area (Å²) in [5.41, 5.74) is 6.54. The zero-order chi connectivity index (χ0) is 12.9. The number of hydrogen-bond donors (Lipinski definition) is 2. The minimum Gasteiger partial charge on any atom is -0.349 e. The van der Waals surface area contributed by atoms with Crippen LogP contribution in [-0.4, -0.2) is 18.0 Å². The van der Waals surface area contributed by atoms with Gasteiger partial charge in [-0.15, -0.1) is 12.4 Å². The summed E-state index contributed by atoms with van der Waals surface area (Å²) in [6, 6.07) is 1.98. The molecule has 1 amide bonds. The molecule has 0 aliphatic heterocycles. The van der Waals surface area contributed by atoms with E-state index in [9.17, 15) is 4.79 Å². The average molecular weight is 291 g/mol. The summed E-state index contributed by atoms with van der Waals surface area (Å²) in [6.45, 7) is 6.76. The number of thiophene rings is 1. The Morgan fingerprint density at radius 3 is 2.67 bits per heavy atom. The standard InChI is InChI=1S/C13H22N2OS.ClH/c1-10(2)7-13(3,9-14)15-12(16)6-11-4-5-17-8-11;/h4-5,8,10H,6-7,9,14H2,1-3H3,(H,15,16);1H. The first-order valence-corrected chi connectivity index (χ1v) is 6.91. The number of amides is 1. The lowest BCUT2D eigenvalue weighted by Crippen LogP contribution is -2.52. The van der Waals surface area contributed by atoms with Gasteiger partial charge in [-0.3, -0.25) is 4.79 Å². The number of carbonyl (C=O) groups is 1. The first-order chi connectivity index (χ1) is 7.95. The van der Waals surface area contributed by atoms with E-state index in [-0.39, 0.29) is 23.9 Å². The van der Waals surface area contributed by atoms with Crippen LogP contribution in [0, 0.1) is 5.92 Å². The third kappa shape index (κ3) is 5.85. The van der Waals surface area contributed by atoms with Gasteiger partial charge < -0.3 is 11.1 Å². The molecule has 0 radical (unpaired) electrons. The maximum absolute atomic E-state index is 11.9. The highest BCUT2D eigenvalue weighted by atomic mass is 35.5. The van der Waals surface area contributed by atoms with E-state index in [4.69, 9.17) is 5.73 Å². The fourth-order valence-corrected chi connectivity index (χ4v) is 2.71. The number of halogens is 1. The van der Waals surface area contributed by atoms with Crippen LogP contribution in [0.15, 0.2) is 16.8 Å². The highest BCUT2D eigenvalue weighted by Crippen LogP contribution is 2.16. The molecule has 1 aromatic rings. The van der Waals surface area contributed by atoms with Crippen molar-refractivity contribution in [3.63, 3.8) is 0 Å². The van der Waals surface area contributed by atoms with E-state index in [0.717, 1.165) is 12.0 Å². The lowest BCUT2D eigenvalue weighted by Gasteiger charge is -2.31. The van der Waals surface area contributed by atoms with Gasteiger partial charge in [-0.05, 0) is 41.7 Å². The normalized spacial score (nSPS) is 13.8. The number of nitrogens with one attached hydrogen (secondary N) is 1. The molecular formula is C13H23ClN2OS. The highest BCUT2D eigenvalue weighted by molar-refractivity contribution is 7.07. The van der Waals surface area contributed by atoms with Gasteiger partial charge in [0, 0.05) is 12.1 Å². The van der Waals surface area contributed by atoms with Crippen LogP contribution >= 0.6 is 23.7 Å². The fraction of sp³-hybridized carbons (Fsp3) is 0.615. The number of carbonyl (C=O) groups excluding carboxylic acids is 1. The Hall–Kier alpha value is -0.580. The largest absolute Gasteiger partial charge is 0.349 e. The molecule has 0 saturated heterocycles. The fourth-order valence-electron chi connectivity index (χ4n) is 2.05. The molecule has 1 aromatic heterocycles. The zero-order valence-electron chi connectivity index (χ0n) is 11.2. The van der Waals surface area contributed by atoms with Gasteiger partial charge >= 0.3 is 0 Å². The molecule has 5 heteroatoms. The molecule has 0 bridgehead atoms. The monoisotopic (exact) mass is 290 g/mol. The highest BCUT2D eigenvalue weighted by Gasteiger charge is 2.25. The SMILES string of the molecule is CC(C)CC(C)(CN)NC(=O)Cc1ccsc1.Cl. The Morgan fingerprint density at radius 2 is 2.22 bits per heavy atom. The van der Waals surface area contributed by atoms with Crippen molar-refractivity contribution in [1.29, 1.82) is 0 Å². The van der Waals surface area contributed by atoms with Crippen LogP contribution in [0.5, 0.6) is 0 Å². The van der Waals surface area contributed by atoms with Crippen molar-refractivity contribution in [1.82, 2.24) is 5.32 Å². The van der Waals surface area contributed by atoms with Crippen molar-refractivity contribution in [3.8, 4) is 0 Å². The Bertz CT molecular complexity index is 354. The average Bonchev–Trinajstić information content (AvgIpc) is 2.68. The molecule has 0 saturated carbocycles. The summed E-state index contributed by atoms with van der Waals surface area (Å²) in [5, 5.41) is 7.04. The molecule has 1 unspecified atom stereocenters. The van der Waals surface area contributed by atoms with E-state index in [1.165, 1.54) is 0 Å². The van der Waals surface area contributed by atoms with Crippen molar-refractivity contribution in [3.05, 3.63) is 22.4 Å². The van der Waals surface area contributed by atoms with Crippen molar-refractivity contribution >= 4 is 29.7 Å². The molecule has 0 spiro atoms. The molecule has 0 aliphatic carbocycles. The third-order valence-electron chi connectivity index (χ3n) is 2.70. The second kappa shape index (κ2) is 7.77. The van der Waals surface area contributed by atoms with Crippen LogP contribution in [0.2, 0.25) is 0 Å². The smallest absolute Gasteiger partial charge is 0.224 e. The number of nitrogens with two attached hydrogens (primary N) is 1. The van der Waals surface area contributed by atoms with Crippen molar-refractivity contribution < 1.29 is 4.79 Å².